The van der Waals surface area contributed by atoms with Crippen LogP contribution < -0.4 is 51.9 Å². The van der Waals surface area contributed by atoms with Crippen molar-refractivity contribution in [2.45, 2.75) is 137 Å². The molecule has 1 unspecified atom stereocenters. The minimum Gasteiger partial charge on any atom is -1.00 e. The minimum absolute atomic E-state index is 0. The smallest absolute Gasteiger partial charge is 1.00 e. The van der Waals surface area contributed by atoms with Crippen LogP contribution in [0.1, 0.15) is 108 Å². The van der Waals surface area contributed by atoms with E-state index >= 15 is 0 Å². The molecule has 344 valence electrons. The zero-order chi connectivity index (χ0) is 44.4. The van der Waals surface area contributed by atoms with Gasteiger partial charge in [0, 0.05) is 58.9 Å². The Morgan fingerprint density at radius 3 is 1.33 bits per heavy atom. The fourth-order valence-corrected chi connectivity index (χ4v) is 6.25. The molecule has 2 rings (SSSR count). The first kappa shape index (κ1) is 58.7. The summed E-state index contributed by atoms with van der Waals surface area (Å²) in [6.07, 6.45) is 1.12. The van der Waals surface area contributed by atoms with E-state index in [1.54, 1.807) is 0 Å². The Hall–Kier alpha value is -2.31. The fraction of sp³-hybridized carbons (Fsp3) is 0.750. The van der Waals surface area contributed by atoms with Gasteiger partial charge < -0.3 is 46.0 Å². The van der Waals surface area contributed by atoms with Crippen LogP contribution in [-0.4, -0.2) is 157 Å². The van der Waals surface area contributed by atoms with E-state index in [0.29, 0.717) is 78.2 Å². The summed E-state index contributed by atoms with van der Waals surface area (Å²) in [6, 6.07) is 8.78. The minimum atomic E-state index is -0.741. The van der Waals surface area contributed by atoms with Crippen molar-refractivity contribution in [1.29, 1.82) is 0 Å². The van der Waals surface area contributed by atoms with Gasteiger partial charge in [0.05, 0.1) is 19.6 Å². The molecule has 1 fully saturated rings. The number of carbonyl (C=O) groups is 5. The van der Waals surface area contributed by atoms with E-state index in [2.05, 4.69) is 10.2 Å². The Kier molecular flexibility index (Phi) is 26.7. The maximum absolute atomic E-state index is 14.0. The van der Waals surface area contributed by atoms with Gasteiger partial charge in [-0.05, 0) is 108 Å². The second kappa shape index (κ2) is 27.8. The summed E-state index contributed by atoms with van der Waals surface area (Å²) >= 11 is 0. The number of alkyl carbamates (subject to hydrolysis) is 1. The van der Waals surface area contributed by atoms with Gasteiger partial charge >= 0.3 is 59.5 Å². The van der Waals surface area contributed by atoms with E-state index in [0.717, 1.165) is 5.56 Å². The van der Waals surface area contributed by atoms with E-state index in [1.807, 2.05) is 128 Å². The molecule has 1 aromatic carbocycles. The van der Waals surface area contributed by atoms with Crippen molar-refractivity contribution in [3.05, 3.63) is 35.9 Å². The van der Waals surface area contributed by atoms with Gasteiger partial charge in [0.2, 0.25) is 0 Å². The molecule has 1 N–H and O–H groups in total. The number of rotatable bonds is 15. The van der Waals surface area contributed by atoms with Crippen LogP contribution in [0.3, 0.4) is 0 Å². The van der Waals surface area contributed by atoms with Crippen molar-refractivity contribution in [3.63, 3.8) is 0 Å². The summed E-state index contributed by atoms with van der Waals surface area (Å²) < 4.78 is 28.4. The molecule has 1 atom stereocenters. The van der Waals surface area contributed by atoms with Gasteiger partial charge in [0.15, 0.2) is 0 Å². The van der Waals surface area contributed by atoms with Crippen molar-refractivity contribution in [1.82, 2.24) is 24.9 Å². The normalized spacial score (nSPS) is 16.3. The van der Waals surface area contributed by atoms with Gasteiger partial charge in [-0.2, -0.15) is 0 Å². The molecule has 1 aliphatic heterocycles. The third-order valence-electron chi connectivity index (χ3n) is 8.70. The molecule has 1 aliphatic rings. The molecule has 15 nitrogen and oxygen atoms in total. The largest absolute Gasteiger partial charge is 1.00 e. The van der Waals surface area contributed by atoms with Gasteiger partial charge in [-0.3, -0.25) is 38.8 Å². The molecule has 0 aromatic heterocycles. The molecule has 17 heteroatoms. The van der Waals surface area contributed by atoms with E-state index < -0.39 is 34.5 Å². The zero-order valence-corrected chi connectivity index (χ0v) is 43.1. The van der Waals surface area contributed by atoms with Crippen LogP contribution in [0, 0.1) is 0 Å². The van der Waals surface area contributed by atoms with Crippen molar-refractivity contribution >= 4 is 30.0 Å². The first-order chi connectivity index (χ1) is 27.3. The summed E-state index contributed by atoms with van der Waals surface area (Å²) in [6.45, 7) is 25.8. The van der Waals surface area contributed by atoms with E-state index in [1.165, 1.54) is 0 Å². The standard InChI is InChI=1S/C44H75N5O10.BrH.Na/c1-41(2,3)56-36(50)30-46-22-24-47(31-37(51)57-42(4,5)6)26-28-49(29-27-48(25-23-46)32-38(52)58-43(7,8)9)35(39(53)59-44(10,11)12)20-16-17-21-45-40(54)55-33-34-18-14-13-15-19-34;;/h13-15,18-19,35H,16-17,20-33H2,1-12H3,(H,45,54);1H;/q;;+1/p-1. The monoisotopic (exact) mass is 935 g/mol. The Morgan fingerprint density at radius 1 is 0.574 bits per heavy atom. The Balaban J connectivity index is 0.0000180. The molecule has 1 aromatic rings. The van der Waals surface area contributed by atoms with Crippen molar-refractivity contribution < 1.29 is 94.2 Å². The number of nitrogens with zero attached hydrogens (tertiary/aromatic N) is 4. The first-order valence-electron chi connectivity index (χ1n) is 21.0. The third kappa shape index (κ3) is 28.9. The number of halogens is 1. The maximum atomic E-state index is 14.0. The molecule has 0 radical (unpaired) electrons. The second-order valence-electron chi connectivity index (χ2n) is 19.2. The average Bonchev–Trinajstić information content (AvgIpc) is 3.06. The number of carbonyl (C=O) groups excluding carboxylic acids is 5. The summed E-state index contributed by atoms with van der Waals surface area (Å²) in [4.78, 5) is 73.8. The molecule has 1 saturated heterocycles. The van der Waals surface area contributed by atoms with Crippen molar-refractivity contribution in [3.8, 4) is 0 Å². The number of hydrogen-bond donors (Lipinski definition) is 1. The molecule has 1 heterocycles. The van der Waals surface area contributed by atoms with E-state index in [-0.39, 0.29) is 96.7 Å². The summed E-state index contributed by atoms with van der Waals surface area (Å²) in [5.74, 6) is -1.50. The van der Waals surface area contributed by atoms with E-state index in [9.17, 15) is 24.0 Å². The second-order valence-corrected chi connectivity index (χ2v) is 19.2. The molecule has 1 amide bonds. The Bertz CT molecular complexity index is 1430. The molecule has 0 bridgehead atoms. The molecular weight excluding hydrogens is 861 g/mol. The van der Waals surface area contributed by atoms with Crippen LogP contribution in [0.5, 0.6) is 0 Å². The maximum Gasteiger partial charge on any atom is 1.00 e. The van der Waals surface area contributed by atoms with Gasteiger partial charge in [-0.25, -0.2) is 4.79 Å². The Labute approximate surface area is 398 Å². The van der Waals surface area contributed by atoms with Gasteiger partial charge in [-0.15, -0.1) is 0 Å². The predicted molar refractivity (Wildman–Crippen MR) is 227 cm³/mol. The quantitative estimate of drug-likeness (QED) is 0.0995. The van der Waals surface area contributed by atoms with Gasteiger partial charge in [0.1, 0.15) is 35.1 Å². The number of benzene rings is 1. The summed E-state index contributed by atoms with van der Waals surface area (Å²) in [7, 11) is 0. The van der Waals surface area contributed by atoms with E-state index in [4.69, 9.17) is 23.7 Å². The van der Waals surface area contributed by atoms with Crippen molar-refractivity contribution in [2.75, 3.05) is 78.5 Å². The Morgan fingerprint density at radius 2 is 0.951 bits per heavy atom. The van der Waals surface area contributed by atoms with Crippen LogP contribution >= 0.6 is 0 Å². The third-order valence-corrected chi connectivity index (χ3v) is 8.70. The first-order valence-corrected chi connectivity index (χ1v) is 21.0. The molecule has 0 aliphatic carbocycles. The summed E-state index contributed by atoms with van der Waals surface area (Å²) in [5.41, 5.74) is -1.86. The number of nitrogens with one attached hydrogen (secondary N) is 1. The summed E-state index contributed by atoms with van der Waals surface area (Å²) in [5, 5.41) is 2.80. The molecule has 0 saturated carbocycles. The zero-order valence-electron chi connectivity index (χ0n) is 39.5. The van der Waals surface area contributed by atoms with Crippen LogP contribution in [-0.2, 0) is 49.5 Å². The van der Waals surface area contributed by atoms with Crippen LogP contribution in [0.25, 0.3) is 0 Å². The average molecular weight is 937 g/mol. The number of unbranched alkanes of at least 4 members (excludes halogenated alkanes) is 1. The molecular formula is C44H75BrN5NaO10. The number of esters is 4. The van der Waals surface area contributed by atoms with Crippen molar-refractivity contribution in [2.24, 2.45) is 0 Å². The van der Waals surface area contributed by atoms with Crippen LogP contribution in [0.4, 0.5) is 4.79 Å². The number of ether oxygens (including phenoxy) is 5. The van der Waals surface area contributed by atoms with Crippen LogP contribution in [0.15, 0.2) is 30.3 Å². The SMILES string of the molecule is CC(C)(C)OC(=O)CN1CCN(CC(=O)OC(C)(C)C)CCN(C(CCCCNC(=O)OCc2ccccc2)C(=O)OC(C)(C)C)CCN(CC(=O)OC(C)(C)C)CC1.[Br-].[Na+]. The van der Waals surface area contributed by atoms with Gasteiger partial charge in [-0.1, -0.05) is 30.3 Å². The number of hydrogen-bond acceptors (Lipinski definition) is 14. The van der Waals surface area contributed by atoms with Crippen LogP contribution in [0.2, 0.25) is 0 Å². The molecule has 61 heavy (non-hydrogen) atoms. The van der Waals surface area contributed by atoms with Gasteiger partial charge in [0.25, 0.3) is 0 Å². The fourth-order valence-electron chi connectivity index (χ4n) is 6.25. The predicted octanol–water partition coefficient (Wildman–Crippen LogP) is -0.952. The number of amides is 1. The topological polar surface area (TPSA) is 156 Å². The molecule has 0 spiro atoms.